The maximum atomic E-state index is 14.1. The number of halogens is 1. The second-order valence-corrected chi connectivity index (χ2v) is 12.2. The van der Waals surface area contributed by atoms with E-state index >= 15 is 0 Å². The molecule has 0 fully saturated rings. The monoisotopic (exact) mass is 614 g/mol. The van der Waals surface area contributed by atoms with Gasteiger partial charge in [-0.2, -0.15) is 0 Å². The van der Waals surface area contributed by atoms with Crippen LogP contribution in [0.15, 0.2) is 93.9 Å². The number of thiazole rings is 1. The molecule has 8 heteroatoms. The minimum absolute atomic E-state index is 0.202. The van der Waals surface area contributed by atoms with Gasteiger partial charge in [0.25, 0.3) is 5.56 Å². The highest BCUT2D eigenvalue weighted by Gasteiger charge is 2.34. The molecule has 0 bridgehead atoms. The molecule has 0 aliphatic carbocycles. The zero-order valence-corrected chi connectivity index (χ0v) is 26.4. The first kappa shape index (κ1) is 30.5. The molecule has 1 aliphatic rings. The molecule has 0 spiro atoms. The van der Waals surface area contributed by atoms with E-state index in [0.717, 1.165) is 23.1 Å². The fraction of sp³-hybridized carbons (Fsp3) is 0.286. The van der Waals surface area contributed by atoms with Crippen LogP contribution in [0.1, 0.15) is 74.8 Å². The highest BCUT2D eigenvalue weighted by atomic mass is 35.5. The molecule has 1 aromatic heterocycles. The molecule has 222 valence electrons. The van der Waals surface area contributed by atoms with Gasteiger partial charge in [0, 0.05) is 5.02 Å². The van der Waals surface area contributed by atoms with Crippen LogP contribution in [-0.4, -0.2) is 17.1 Å². The topological polar surface area (TPSA) is 69.9 Å². The number of hydrogen-bond donors (Lipinski definition) is 0. The van der Waals surface area contributed by atoms with E-state index in [9.17, 15) is 9.59 Å². The van der Waals surface area contributed by atoms with E-state index in [1.165, 1.54) is 16.9 Å². The smallest absolute Gasteiger partial charge is 0.338 e. The zero-order valence-electron chi connectivity index (χ0n) is 24.8. The molecule has 0 radical (unpaired) electrons. The second-order valence-electron chi connectivity index (χ2n) is 10.7. The Morgan fingerprint density at radius 1 is 1.07 bits per heavy atom. The summed E-state index contributed by atoms with van der Waals surface area (Å²) in [5.41, 5.74) is 4.76. The number of carbonyl (C=O) groups excluding carboxylic acids is 1. The number of aromatic nitrogens is 1. The van der Waals surface area contributed by atoms with Crippen molar-refractivity contribution in [1.82, 2.24) is 4.57 Å². The number of esters is 1. The summed E-state index contributed by atoms with van der Waals surface area (Å²) in [6.45, 7) is 8.75. The minimum atomic E-state index is -0.630. The lowest BCUT2D eigenvalue weighted by molar-refractivity contribution is -0.139. The molecule has 1 atom stereocenters. The van der Waals surface area contributed by atoms with E-state index in [4.69, 9.17) is 26.1 Å². The van der Waals surface area contributed by atoms with E-state index < -0.39 is 12.0 Å². The lowest BCUT2D eigenvalue weighted by atomic mass is 9.92. The Labute approximate surface area is 260 Å². The summed E-state index contributed by atoms with van der Waals surface area (Å²) in [7, 11) is 0. The standard InChI is InChI=1S/C35H35ClN2O4S/c1-5-8-29-31(34(40)41-6-2)32(26-15-13-25(14-16-26)22(3)4)38-33(39)30(43-35(38)37-29)20-24-9-7-10-28(19-24)42-21-23-11-17-27(36)18-12-23/h7,9-20,22,32H,5-6,8,21H2,1-4H3/b30-20+/t32-/m0/s1. The predicted molar refractivity (Wildman–Crippen MR) is 172 cm³/mol. The molecule has 1 aliphatic heterocycles. The average Bonchev–Trinajstić information content (AvgIpc) is 3.30. The van der Waals surface area contributed by atoms with E-state index in [1.54, 1.807) is 11.5 Å². The van der Waals surface area contributed by atoms with Crippen LogP contribution in [-0.2, 0) is 16.1 Å². The highest BCUT2D eigenvalue weighted by Crippen LogP contribution is 2.33. The highest BCUT2D eigenvalue weighted by molar-refractivity contribution is 7.07. The quantitative estimate of drug-likeness (QED) is 0.182. The van der Waals surface area contributed by atoms with Gasteiger partial charge in [-0.1, -0.05) is 98.7 Å². The lowest BCUT2D eigenvalue weighted by Crippen LogP contribution is -2.40. The zero-order chi connectivity index (χ0) is 30.5. The molecular formula is C35H35ClN2O4S. The van der Waals surface area contributed by atoms with Crippen LogP contribution in [0.3, 0.4) is 0 Å². The number of benzene rings is 3. The molecule has 0 saturated carbocycles. The molecule has 3 aromatic carbocycles. The maximum Gasteiger partial charge on any atom is 0.338 e. The van der Waals surface area contributed by atoms with Crippen molar-refractivity contribution in [2.24, 2.45) is 4.99 Å². The van der Waals surface area contributed by atoms with E-state index in [-0.39, 0.29) is 12.2 Å². The maximum absolute atomic E-state index is 14.1. The third-order valence-corrected chi connectivity index (χ3v) is 8.52. The number of fused-ring (bicyclic) bond motifs is 1. The van der Waals surface area contributed by atoms with Crippen molar-refractivity contribution in [3.05, 3.63) is 131 Å². The Morgan fingerprint density at radius 3 is 2.49 bits per heavy atom. The predicted octanol–water partition coefficient (Wildman–Crippen LogP) is 6.93. The number of ether oxygens (including phenoxy) is 2. The third kappa shape index (κ3) is 6.84. The van der Waals surface area contributed by atoms with Crippen molar-refractivity contribution in [1.29, 1.82) is 0 Å². The van der Waals surface area contributed by atoms with Gasteiger partial charge in [-0.25, -0.2) is 9.79 Å². The van der Waals surface area contributed by atoms with E-state index in [2.05, 4.69) is 32.9 Å². The first-order valence-corrected chi connectivity index (χ1v) is 15.8. The van der Waals surface area contributed by atoms with Gasteiger partial charge in [0.1, 0.15) is 12.4 Å². The summed E-state index contributed by atoms with van der Waals surface area (Å²) in [5, 5.41) is 0.679. The van der Waals surface area contributed by atoms with E-state index in [0.29, 0.717) is 50.3 Å². The largest absolute Gasteiger partial charge is 0.489 e. The Bertz CT molecular complexity index is 1820. The van der Waals surface area contributed by atoms with Crippen molar-refractivity contribution in [2.75, 3.05) is 6.61 Å². The summed E-state index contributed by atoms with van der Waals surface area (Å²) in [6, 6.07) is 22.7. The molecule has 4 aromatic rings. The third-order valence-electron chi connectivity index (χ3n) is 7.29. The van der Waals surface area contributed by atoms with Crippen LogP contribution in [0, 0.1) is 0 Å². The van der Waals surface area contributed by atoms with Crippen LogP contribution in [0.25, 0.3) is 6.08 Å². The van der Waals surface area contributed by atoms with Gasteiger partial charge in [-0.15, -0.1) is 0 Å². The second kappa shape index (κ2) is 13.6. The Hall–Kier alpha value is -3.94. The first-order valence-electron chi connectivity index (χ1n) is 14.6. The molecule has 0 saturated heterocycles. The molecular weight excluding hydrogens is 580 g/mol. The summed E-state index contributed by atoms with van der Waals surface area (Å²) >= 11 is 7.32. The van der Waals surface area contributed by atoms with Gasteiger partial charge in [0.15, 0.2) is 4.80 Å². The SMILES string of the molecule is CCCC1=C(C(=O)OCC)[C@H](c2ccc(C(C)C)cc2)n2c(s/c(=C/c3cccc(OCc4ccc(Cl)cc4)c3)c2=O)=N1. The molecule has 0 unspecified atom stereocenters. The average molecular weight is 615 g/mol. The fourth-order valence-electron chi connectivity index (χ4n) is 5.09. The van der Waals surface area contributed by atoms with Crippen molar-refractivity contribution in [2.45, 2.75) is 59.1 Å². The van der Waals surface area contributed by atoms with Gasteiger partial charge in [-0.05, 0) is 71.9 Å². The van der Waals surface area contributed by atoms with Gasteiger partial charge in [0.2, 0.25) is 0 Å². The van der Waals surface area contributed by atoms with Crippen molar-refractivity contribution in [3.63, 3.8) is 0 Å². The summed E-state index contributed by atoms with van der Waals surface area (Å²) < 4.78 is 13.7. The van der Waals surface area contributed by atoms with Crippen molar-refractivity contribution < 1.29 is 14.3 Å². The van der Waals surface area contributed by atoms with Crippen LogP contribution in [0.5, 0.6) is 5.75 Å². The van der Waals surface area contributed by atoms with Crippen LogP contribution >= 0.6 is 22.9 Å². The number of allylic oxidation sites excluding steroid dienone is 1. The number of nitrogens with zero attached hydrogens (tertiary/aromatic N) is 2. The van der Waals surface area contributed by atoms with Crippen LogP contribution in [0.2, 0.25) is 5.02 Å². The molecule has 6 nitrogen and oxygen atoms in total. The Balaban J connectivity index is 1.57. The van der Waals surface area contributed by atoms with Crippen LogP contribution in [0.4, 0.5) is 0 Å². The molecule has 43 heavy (non-hydrogen) atoms. The van der Waals surface area contributed by atoms with Gasteiger partial charge < -0.3 is 9.47 Å². The molecule has 0 amide bonds. The summed E-state index contributed by atoms with van der Waals surface area (Å²) in [5.74, 6) is 0.611. The molecule has 0 N–H and O–H groups in total. The normalized spacial score (nSPS) is 14.9. The van der Waals surface area contributed by atoms with Gasteiger partial charge in [-0.3, -0.25) is 9.36 Å². The first-order chi connectivity index (χ1) is 20.8. The minimum Gasteiger partial charge on any atom is -0.489 e. The van der Waals surface area contributed by atoms with Crippen LogP contribution < -0.4 is 19.6 Å². The fourth-order valence-corrected chi connectivity index (χ4v) is 6.24. The summed E-state index contributed by atoms with van der Waals surface area (Å²) in [6.07, 6.45) is 3.26. The van der Waals surface area contributed by atoms with Gasteiger partial charge >= 0.3 is 5.97 Å². The Morgan fingerprint density at radius 2 is 1.81 bits per heavy atom. The lowest BCUT2D eigenvalue weighted by Gasteiger charge is -2.26. The molecule has 5 rings (SSSR count). The number of hydrogen-bond acceptors (Lipinski definition) is 6. The van der Waals surface area contributed by atoms with Gasteiger partial charge in [0.05, 0.1) is 28.5 Å². The van der Waals surface area contributed by atoms with E-state index in [1.807, 2.05) is 66.7 Å². The number of carbonyl (C=O) groups is 1. The summed E-state index contributed by atoms with van der Waals surface area (Å²) in [4.78, 5) is 32.9. The Kier molecular flexibility index (Phi) is 9.63. The molecule has 2 heterocycles. The van der Waals surface area contributed by atoms with Crippen molar-refractivity contribution in [3.8, 4) is 5.75 Å². The number of rotatable bonds is 10. The van der Waals surface area contributed by atoms with Crippen molar-refractivity contribution >= 4 is 35.0 Å².